The van der Waals surface area contributed by atoms with Gasteiger partial charge in [0.25, 0.3) is 0 Å². The van der Waals surface area contributed by atoms with Crippen molar-refractivity contribution in [3.63, 3.8) is 0 Å². The fourth-order valence-corrected chi connectivity index (χ4v) is 4.33. The van der Waals surface area contributed by atoms with Crippen LogP contribution in [0, 0.1) is 6.92 Å². The van der Waals surface area contributed by atoms with Gasteiger partial charge in [-0.05, 0) is 18.7 Å². The van der Waals surface area contributed by atoms with Crippen molar-refractivity contribution in [1.82, 2.24) is 19.5 Å². The van der Waals surface area contributed by atoms with Crippen LogP contribution in [0.4, 0.5) is 5.82 Å². The first kappa shape index (κ1) is 15.3. The standard InChI is InChI=1S/C11H14N5O5PS/c1-4-15-6-9(12)13-3-14-10(6)16(4)11-7(17)8-5(20-11)2-19-22(18,23)21-8/h3,5,7-8,11,17H,2H2,1H3,(H,18,23)(H2,12,13,14). The Balaban J connectivity index is 1.76. The first-order valence-corrected chi connectivity index (χ1v) is 9.41. The molecule has 0 radical (unpaired) electrons. The highest BCUT2D eigenvalue weighted by atomic mass is 32.5. The molecular weight excluding hydrogens is 345 g/mol. The molecule has 4 rings (SSSR count). The van der Waals surface area contributed by atoms with Gasteiger partial charge < -0.3 is 25.0 Å². The van der Waals surface area contributed by atoms with Crippen molar-refractivity contribution >= 4 is 35.5 Å². The number of imidazole rings is 1. The van der Waals surface area contributed by atoms with Crippen LogP contribution in [0.1, 0.15) is 12.1 Å². The topological polar surface area (TPSA) is 138 Å². The van der Waals surface area contributed by atoms with Crippen LogP contribution in [0.25, 0.3) is 11.2 Å². The van der Waals surface area contributed by atoms with Gasteiger partial charge in [0.2, 0.25) is 0 Å². The summed E-state index contributed by atoms with van der Waals surface area (Å²) in [5.74, 6) is 0.798. The van der Waals surface area contributed by atoms with E-state index in [9.17, 15) is 10.00 Å². The van der Waals surface area contributed by atoms with Gasteiger partial charge in [-0.2, -0.15) is 0 Å². The van der Waals surface area contributed by atoms with Gasteiger partial charge in [-0.3, -0.25) is 9.09 Å². The van der Waals surface area contributed by atoms with E-state index in [1.807, 2.05) is 0 Å². The molecule has 4 N–H and O–H groups in total. The van der Waals surface area contributed by atoms with Crippen LogP contribution in [0.2, 0.25) is 0 Å². The summed E-state index contributed by atoms with van der Waals surface area (Å²) in [5.41, 5.74) is 6.68. The Morgan fingerprint density at radius 2 is 2.26 bits per heavy atom. The van der Waals surface area contributed by atoms with Crippen LogP contribution in [-0.4, -0.2) is 54.4 Å². The number of aliphatic hydroxyl groups is 1. The van der Waals surface area contributed by atoms with Crippen LogP contribution in [0.3, 0.4) is 0 Å². The summed E-state index contributed by atoms with van der Waals surface area (Å²) in [5, 5.41) is 10.6. The lowest BCUT2D eigenvalue weighted by atomic mass is 10.1. The molecule has 0 aliphatic carbocycles. The maximum Gasteiger partial charge on any atom is 0.325 e. The normalized spacial score (nSPS) is 37.2. The van der Waals surface area contributed by atoms with E-state index in [1.54, 1.807) is 11.5 Å². The van der Waals surface area contributed by atoms with Crippen molar-refractivity contribution in [1.29, 1.82) is 0 Å². The molecule has 4 heterocycles. The fourth-order valence-electron chi connectivity index (χ4n) is 2.89. The molecule has 2 saturated heterocycles. The number of ether oxygens (including phenoxy) is 1. The molecule has 2 aliphatic rings. The van der Waals surface area contributed by atoms with Gasteiger partial charge in [0.05, 0.1) is 6.61 Å². The molecule has 2 aromatic heterocycles. The van der Waals surface area contributed by atoms with Crippen molar-refractivity contribution in [3.8, 4) is 0 Å². The molecule has 0 bridgehead atoms. The molecule has 0 amide bonds. The summed E-state index contributed by atoms with van der Waals surface area (Å²) < 4.78 is 17.8. The highest BCUT2D eigenvalue weighted by molar-refractivity contribution is 8.07. The van der Waals surface area contributed by atoms with Crippen molar-refractivity contribution in [2.45, 2.75) is 31.5 Å². The number of hydrogen-bond acceptors (Lipinski definition) is 9. The molecule has 10 nitrogen and oxygen atoms in total. The van der Waals surface area contributed by atoms with E-state index in [4.69, 9.17) is 31.3 Å². The van der Waals surface area contributed by atoms with Crippen LogP contribution in [0.15, 0.2) is 6.33 Å². The molecule has 5 unspecified atom stereocenters. The summed E-state index contributed by atoms with van der Waals surface area (Å²) >= 11 is 4.83. The van der Waals surface area contributed by atoms with Gasteiger partial charge in [0.1, 0.15) is 30.5 Å². The predicted molar refractivity (Wildman–Crippen MR) is 81.7 cm³/mol. The maximum atomic E-state index is 10.6. The van der Waals surface area contributed by atoms with Gasteiger partial charge in [-0.1, -0.05) is 0 Å². The smallest absolute Gasteiger partial charge is 0.325 e. The van der Waals surface area contributed by atoms with Gasteiger partial charge in [0, 0.05) is 0 Å². The Bertz CT molecular complexity index is 830. The molecule has 5 atom stereocenters. The quantitative estimate of drug-likeness (QED) is 0.577. The van der Waals surface area contributed by atoms with E-state index >= 15 is 0 Å². The molecule has 12 heteroatoms. The predicted octanol–water partition coefficient (Wildman–Crippen LogP) is -0.393. The molecule has 124 valence electrons. The molecule has 2 aliphatic heterocycles. The lowest BCUT2D eigenvalue weighted by Crippen LogP contribution is -2.39. The molecule has 0 aromatic carbocycles. The number of nitrogens with zero attached hydrogens (tertiary/aromatic N) is 4. The first-order chi connectivity index (χ1) is 10.9. The largest absolute Gasteiger partial charge is 0.386 e. The monoisotopic (exact) mass is 359 g/mol. The maximum absolute atomic E-state index is 10.6. The summed E-state index contributed by atoms with van der Waals surface area (Å²) in [7, 11) is 0. The number of anilines is 1. The number of aromatic nitrogens is 4. The summed E-state index contributed by atoms with van der Waals surface area (Å²) in [6.45, 7) is -1.55. The number of nitrogen functional groups attached to an aromatic ring is 1. The summed E-state index contributed by atoms with van der Waals surface area (Å²) in [6.07, 6.45) is -1.88. The average Bonchev–Trinajstić information content (AvgIpc) is 2.97. The highest BCUT2D eigenvalue weighted by Crippen LogP contribution is 2.53. The molecule has 2 fully saturated rings. The fraction of sp³-hybridized carbons (Fsp3) is 0.545. The average molecular weight is 359 g/mol. The SMILES string of the molecule is Cc1nc2c(N)ncnc2n1C1OC2COP(O)(=S)OC2C1O. The second-order valence-corrected chi connectivity index (χ2v) is 8.14. The van der Waals surface area contributed by atoms with Crippen LogP contribution >= 0.6 is 6.72 Å². The lowest BCUT2D eigenvalue weighted by Gasteiger charge is -2.30. The summed E-state index contributed by atoms with van der Waals surface area (Å²) in [6, 6.07) is 0. The first-order valence-electron chi connectivity index (χ1n) is 6.81. The Labute approximate surface area is 135 Å². The molecule has 23 heavy (non-hydrogen) atoms. The molecule has 0 saturated carbocycles. The van der Waals surface area contributed by atoms with Crippen molar-refractivity contribution in [2.75, 3.05) is 12.3 Å². The van der Waals surface area contributed by atoms with E-state index in [0.29, 0.717) is 17.0 Å². The van der Waals surface area contributed by atoms with E-state index in [1.165, 1.54) is 6.33 Å². The number of rotatable bonds is 1. The van der Waals surface area contributed by atoms with E-state index in [-0.39, 0.29) is 12.4 Å². The van der Waals surface area contributed by atoms with Gasteiger partial charge in [-0.15, -0.1) is 0 Å². The Morgan fingerprint density at radius 3 is 3.04 bits per heavy atom. The van der Waals surface area contributed by atoms with Crippen molar-refractivity contribution in [2.24, 2.45) is 0 Å². The Hall–Kier alpha value is -1.20. The Kier molecular flexibility index (Phi) is 3.43. The van der Waals surface area contributed by atoms with Crippen molar-refractivity contribution in [3.05, 3.63) is 12.2 Å². The number of hydrogen-bond donors (Lipinski definition) is 3. The Morgan fingerprint density at radius 1 is 1.48 bits per heavy atom. The number of aliphatic hydroxyl groups excluding tert-OH is 1. The van der Waals surface area contributed by atoms with Crippen LogP contribution in [-0.2, 0) is 25.6 Å². The number of fused-ring (bicyclic) bond motifs is 2. The third-order valence-electron chi connectivity index (χ3n) is 3.90. The second-order valence-electron chi connectivity index (χ2n) is 5.35. The highest BCUT2D eigenvalue weighted by Gasteiger charge is 2.51. The minimum absolute atomic E-state index is 0.0504. The van der Waals surface area contributed by atoms with E-state index in [0.717, 1.165) is 0 Å². The number of aryl methyl sites for hydroxylation is 1. The molecule has 0 spiro atoms. The second kappa shape index (κ2) is 5.15. The third kappa shape index (κ3) is 2.36. The van der Waals surface area contributed by atoms with Crippen LogP contribution < -0.4 is 5.73 Å². The minimum Gasteiger partial charge on any atom is -0.386 e. The zero-order valence-electron chi connectivity index (χ0n) is 11.9. The van der Waals surface area contributed by atoms with Crippen molar-refractivity contribution < 1.29 is 23.8 Å². The third-order valence-corrected chi connectivity index (χ3v) is 5.46. The number of nitrogens with two attached hydrogens (primary N) is 1. The van der Waals surface area contributed by atoms with Gasteiger partial charge in [-0.25, -0.2) is 15.0 Å². The van der Waals surface area contributed by atoms with E-state index < -0.39 is 31.3 Å². The van der Waals surface area contributed by atoms with Crippen LogP contribution in [0.5, 0.6) is 0 Å². The van der Waals surface area contributed by atoms with Gasteiger partial charge >= 0.3 is 6.72 Å². The molecule has 2 aromatic rings. The lowest BCUT2D eigenvalue weighted by molar-refractivity contribution is -0.0599. The summed E-state index contributed by atoms with van der Waals surface area (Å²) in [4.78, 5) is 22.2. The van der Waals surface area contributed by atoms with E-state index in [2.05, 4.69) is 15.0 Å². The minimum atomic E-state index is -3.34. The zero-order valence-corrected chi connectivity index (χ0v) is 13.6. The van der Waals surface area contributed by atoms with Gasteiger partial charge in [0.15, 0.2) is 23.2 Å². The zero-order chi connectivity index (χ0) is 16.4. The molecular formula is C11H14N5O5PS.